The number of carbonyl (C=O) groups is 2. The molecule has 0 saturated heterocycles. The lowest BCUT2D eigenvalue weighted by atomic mass is 10.2. The maximum absolute atomic E-state index is 13.1. The first-order valence-electron chi connectivity index (χ1n) is 7.29. The first-order valence-corrected chi connectivity index (χ1v) is 8.10. The highest BCUT2D eigenvalue weighted by molar-refractivity contribution is 7.20. The van der Waals surface area contributed by atoms with Crippen LogP contribution in [0, 0.1) is 5.82 Å². The Hall–Kier alpha value is -2.73. The number of benzene rings is 2. The third-order valence-electron chi connectivity index (χ3n) is 3.37. The Balaban J connectivity index is 1.65. The van der Waals surface area contributed by atoms with Gasteiger partial charge in [0.15, 0.2) is 6.10 Å². The molecule has 0 aliphatic carbocycles. The Morgan fingerprint density at radius 3 is 2.67 bits per heavy atom. The molecule has 0 aliphatic rings. The number of hydrogen-bond acceptors (Lipinski definition) is 4. The van der Waals surface area contributed by atoms with Gasteiger partial charge in [-0.05, 0) is 42.6 Å². The minimum absolute atomic E-state index is 0.310. The van der Waals surface area contributed by atoms with Crippen LogP contribution < -0.4 is 5.32 Å². The summed E-state index contributed by atoms with van der Waals surface area (Å²) >= 11 is 1.31. The predicted molar refractivity (Wildman–Crippen MR) is 91.7 cm³/mol. The van der Waals surface area contributed by atoms with E-state index < -0.39 is 23.8 Å². The average Bonchev–Trinajstić information content (AvgIpc) is 2.99. The van der Waals surface area contributed by atoms with Crippen molar-refractivity contribution in [2.75, 3.05) is 5.32 Å². The molecule has 0 unspecified atom stereocenters. The molecule has 1 amide bonds. The molecule has 0 saturated carbocycles. The Kier molecular flexibility index (Phi) is 4.57. The summed E-state index contributed by atoms with van der Waals surface area (Å²) in [7, 11) is 0. The molecular formula is C18H14FNO3S. The summed E-state index contributed by atoms with van der Waals surface area (Å²) in [5.41, 5.74) is 0.310. The quantitative estimate of drug-likeness (QED) is 0.722. The zero-order valence-corrected chi connectivity index (χ0v) is 13.6. The van der Waals surface area contributed by atoms with Gasteiger partial charge >= 0.3 is 5.97 Å². The van der Waals surface area contributed by atoms with E-state index in [0.29, 0.717) is 10.6 Å². The lowest BCUT2D eigenvalue weighted by Gasteiger charge is -2.13. The molecule has 1 N–H and O–H groups in total. The third-order valence-corrected chi connectivity index (χ3v) is 4.47. The number of esters is 1. The van der Waals surface area contributed by atoms with Gasteiger partial charge in [0.2, 0.25) is 0 Å². The van der Waals surface area contributed by atoms with Gasteiger partial charge in [0, 0.05) is 10.4 Å². The molecule has 0 aliphatic heterocycles. The van der Waals surface area contributed by atoms with Crippen molar-refractivity contribution in [2.24, 2.45) is 0 Å². The van der Waals surface area contributed by atoms with Gasteiger partial charge < -0.3 is 10.1 Å². The summed E-state index contributed by atoms with van der Waals surface area (Å²) in [6, 6.07) is 14.8. The molecule has 3 rings (SSSR count). The van der Waals surface area contributed by atoms with E-state index in [1.54, 1.807) is 12.1 Å². The molecule has 0 fully saturated rings. The second-order valence-corrected chi connectivity index (χ2v) is 6.28. The molecule has 3 aromatic rings. The van der Waals surface area contributed by atoms with Crippen molar-refractivity contribution < 1.29 is 18.7 Å². The van der Waals surface area contributed by atoms with Gasteiger partial charge in [-0.15, -0.1) is 11.3 Å². The normalized spacial score (nSPS) is 11.9. The number of carbonyl (C=O) groups excluding carboxylic acids is 2. The van der Waals surface area contributed by atoms with Gasteiger partial charge in [-0.2, -0.15) is 0 Å². The van der Waals surface area contributed by atoms with Crippen LogP contribution in [0.3, 0.4) is 0 Å². The average molecular weight is 343 g/mol. The van der Waals surface area contributed by atoms with E-state index in [-0.39, 0.29) is 0 Å². The number of nitrogens with one attached hydrogen (secondary N) is 1. The lowest BCUT2D eigenvalue weighted by molar-refractivity contribution is -0.123. The summed E-state index contributed by atoms with van der Waals surface area (Å²) in [4.78, 5) is 24.7. The molecule has 2 aromatic carbocycles. The van der Waals surface area contributed by atoms with E-state index in [1.165, 1.54) is 36.5 Å². The summed E-state index contributed by atoms with van der Waals surface area (Å²) in [6.45, 7) is 1.47. The standard InChI is InChI=1S/C18H14FNO3S/c1-11(17(21)20-14-7-4-6-13(19)10-14)23-18(22)16-9-12-5-2-3-8-15(12)24-16/h2-11H,1H3,(H,20,21)/t11-/m1/s1. The van der Waals surface area contributed by atoms with Crippen molar-refractivity contribution in [2.45, 2.75) is 13.0 Å². The van der Waals surface area contributed by atoms with E-state index >= 15 is 0 Å². The first-order chi connectivity index (χ1) is 11.5. The maximum Gasteiger partial charge on any atom is 0.349 e. The fraction of sp³-hybridized carbons (Fsp3) is 0.111. The van der Waals surface area contributed by atoms with Crippen molar-refractivity contribution in [3.05, 3.63) is 65.3 Å². The lowest BCUT2D eigenvalue weighted by Crippen LogP contribution is -2.29. The van der Waals surface area contributed by atoms with Crippen LogP contribution in [0.1, 0.15) is 16.6 Å². The van der Waals surface area contributed by atoms with Crippen molar-refractivity contribution in [1.29, 1.82) is 0 Å². The molecule has 24 heavy (non-hydrogen) atoms. The smallest absolute Gasteiger partial charge is 0.349 e. The highest BCUT2D eigenvalue weighted by atomic mass is 32.1. The van der Waals surface area contributed by atoms with E-state index in [1.807, 2.05) is 24.3 Å². The minimum Gasteiger partial charge on any atom is -0.448 e. The second kappa shape index (κ2) is 6.80. The molecule has 0 bridgehead atoms. The maximum atomic E-state index is 13.1. The van der Waals surface area contributed by atoms with E-state index in [4.69, 9.17) is 4.74 Å². The zero-order valence-electron chi connectivity index (χ0n) is 12.8. The number of amides is 1. The summed E-state index contributed by atoms with van der Waals surface area (Å²) in [6.07, 6.45) is -0.994. The van der Waals surface area contributed by atoms with Crippen molar-refractivity contribution in [3.63, 3.8) is 0 Å². The summed E-state index contributed by atoms with van der Waals surface area (Å²) in [5, 5.41) is 3.46. The van der Waals surface area contributed by atoms with E-state index in [9.17, 15) is 14.0 Å². The van der Waals surface area contributed by atoms with Gasteiger partial charge in [0.1, 0.15) is 10.7 Å². The van der Waals surface area contributed by atoms with Gasteiger partial charge in [0.25, 0.3) is 5.91 Å². The second-order valence-electron chi connectivity index (χ2n) is 5.20. The van der Waals surface area contributed by atoms with Crippen molar-refractivity contribution >= 4 is 39.0 Å². The van der Waals surface area contributed by atoms with E-state index in [0.717, 1.165) is 10.1 Å². The van der Waals surface area contributed by atoms with Gasteiger partial charge in [-0.3, -0.25) is 4.79 Å². The van der Waals surface area contributed by atoms with Crippen LogP contribution in [0.4, 0.5) is 10.1 Å². The number of thiophene rings is 1. The molecule has 0 spiro atoms. The van der Waals surface area contributed by atoms with Crippen molar-refractivity contribution in [1.82, 2.24) is 0 Å². The molecule has 1 aromatic heterocycles. The summed E-state index contributed by atoms with van der Waals surface area (Å²) in [5.74, 6) is -1.53. The molecule has 6 heteroatoms. The Morgan fingerprint density at radius 2 is 1.92 bits per heavy atom. The van der Waals surface area contributed by atoms with E-state index in [2.05, 4.69) is 5.32 Å². The van der Waals surface area contributed by atoms with Gasteiger partial charge in [-0.25, -0.2) is 9.18 Å². The van der Waals surface area contributed by atoms with Gasteiger partial charge in [0.05, 0.1) is 0 Å². The van der Waals surface area contributed by atoms with Crippen LogP contribution in [0.2, 0.25) is 0 Å². The highest BCUT2D eigenvalue weighted by Crippen LogP contribution is 2.26. The highest BCUT2D eigenvalue weighted by Gasteiger charge is 2.20. The SMILES string of the molecule is C[C@@H](OC(=O)c1cc2ccccc2s1)C(=O)Nc1cccc(F)c1. The number of ether oxygens (including phenoxy) is 1. The zero-order chi connectivity index (χ0) is 17.1. The molecule has 122 valence electrons. The molecule has 4 nitrogen and oxygen atoms in total. The predicted octanol–water partition coefficient (Wildman–Crippen LogP) is 4.22. The third kappa shape index (κ3) is 3.60. The number of halogens is 1. The fourth-order valence-electron chi connectivity index (χ4n) is 2.16. The number of fused-ring (bicyclic) bond motifs is 1. The van der Waals surface area contributed by atoms with Crippen LogP contribution in [-0.4, -0.2) is 18.0 Å². The molecule has 1 atom stereocenters. The van der Waals surface area contributed by atoms with Crippen LogP contribution in [0.5, 0.6) is 0 Å². The number of rotatable bonds is 4. The minimum atomic E-state index is -0.994. The number of anilines is 1. The van der Waals surface area contributed by atoms with Crippen LogP contribution in [0.15, 0.2) is 54.6 Å². The molecule has 1 heterocycles. The monoisotopic (exact) mass is 343 g/mol. The number of hydrogen-bond donors (Lipinski definition) is 1. The van der Waals surface area contributed by atoms with Gasteiger partial charge in [-0.1, -0.05) is 24.3 Å². The van der Waals surface area contributed by atoms with Crippen LogP contribution >= 0.6 is 11.3 Å². The topological polar surface area (TPSA) is 55.4 Å². The first kappa shape index (κ1) is 16.1. The van der Waals surface area contributed by atoms with Crippen molar-refractivity contribution in [3.8, 4) is 0 Å². The molecule has 0 radical (unpaired) electrons. The fourth-order valence-corrected chi connectivity index (χ4v) is 3.11. The Labute approximate surface area is 141 Å². The van der Waals surface area contributed by atoms with Crippen LogP contribution in [0.25, 0.3) is 10.1 Å². The Morgan fingerprint density at radius 1 is 1.12 bits per heavy atom. The Bertz CT molecular complexity index is 873. The van der Waals surface area contributed by atoms with Crippen LogP contribution in [-0.2, 0) is 9.53 Å². The largest absolute Gasteiger partial charge is 0.448 e. The molecular weight excluding hydrogens is 329 g/mol. The summed E-state index contributed by atoms with van der Waals surface area (Å²) < 4.78 is 19.3.